The van der Waals surface area contributed by atoms with Crippen molar-refractivity contribution in [2.24, 2.45) is 0 Å². The SMILES string of the molecule is CCCNC[C@H](O)COCc1ccco1. The molecule has 4 heteroatoms. The van der Waals surface area contributed by atoms with E-state index in [1.165, 1.54) is 0 Å². The second-order valence-corrected chi connectivity index (χ2v) is 3.45. The van der Waals surface area contributed by atoms with Gasteiger partial charge in [0.25, 0.3) is 0 Å². The number of aliphatic hydroxyl groups is 1. The van der Waals surface area contributed by atoms with Crippen LogP contribution < -0.4 is 5.32 Å². The van der Waals surface area contributed by atoms with Crippen LogP contribution in [0.1, 0.15) is 19.1 Å². The Labute approximate surface area is 90.2 Å². The molecule has 1 rings (SSSR count). The predicted molar refractivity (Wildman–Crippen MR) is 57.5 cm³/mol. The number of hydrogen-bond donors (Lipinski definition) is 2. The Morgan fingerprint density at radius 1 is 1.60 bits per heavy atom. The first kappa shape index (κ1) is 12.2. The summed E-state index contributed by atoms with van der Waals surface area (Å²) in [5, 5.41) is 12.6. The summed E-state index contributed by atoms with van der Waals surface area (Å²) in [5.41, 5.74) is 0. The molecule has 0 aliphatic heterocycles. The second-order valence-electron chi connectivity index (χ2n) is 3.45. The zero-order chi connectivity index (χ0) is 10.9. The molecule has 1 aromatic heterocycles. The highest BCUT2D eigenvalue weighted by molar-refractivity contribution is 4.96. The van der Waals surface area contributed by atoms with Gasteiger partial charge in [-0.25, -0.2) is 0 Å². The third-order valence-corrected chi connectivity index (χ3v) is 1.94. The average molecular weight is 213 g/mol. The topological polar surface area (TPSA) is 54.6 Å². The Hall–Kier alpha value is -0.840. The van der Waals surface area contributed by atoms with Crippen molar-refractivity contribution in [1.29, 1.82) is 0 Å². The summed E-state index contributed by atoms with van der Waals surface area (Å²) in [6, 6.07) is 3.67. The van der Waals surface area contributed by atoms with E-state index in [9.17, 15) is 5.11 Å². The van der Waals surface area contributed by atoms with E-state index in [0.29, 0.717) is 19.8 Å². The fourth-order valence-electron chi connectivity index (χ4n) is 1.19. The van der Waals surface area contributed by atoms with Gasteiger partial charge in [0.15, 0.2) is 0 Å². The van der Waals surface area contributed by atoms with Crippen LogP contribution in [-0.2, 0) is 11.3 Å². The van der Waals surface area contributed by atoms with Crippen LogP contribution in [-0.4, -0.2) is 30.9 Å². The summed E-state index contributed by atoms with van der Waals surface area (Å²) in [6.07, 6.45) is 2.23. The minimum absolute atomic E-state index is 0.331. The molecule has 86 valence electrons. The van der Waals surface area contributed by atoms with Crippen molar-refractivity contribution in [3.8, 4) is 0 Å². The molecule has 0 fully saturated rings. The van der Waals surface area contributed by atoms with Crippen molar-refractivity contribution >= 4 is 0 Å². The molecule has 2 N–H and O–H groups in total. The third kappa shape index (κ3) is 5.57. The van der Waals surface area contributed by atoms with Gasteiger partial charge in [0.05, 0.1) is 19.0 Å². The van der Waals surface area contributed by atoms with Crippen LogP contribution in [0.3, 0.4) is 0 Å². The number of ether oxygens (including phenoxy) is 1. The van der Waals surface area contributed by atoms with Crippen LogP contribution in [0.2, 0.25) is 0 Å². The van der Waals surface area contributed by atoms with E-state index >= 15 is 0 Å². The molecule has 0 aliphatic carbocycles. The van der Waals surface area contributed by atoms with Crippen molar-refractivity contribution in [1.82, 2.24) is 5.32 Å². The van der Waals surface area contributed by atoms with Gasteiger partial charge in [-0.15, -0.1) is 0 Å². The summed E-state index contributed by atoms with van der Waals surface area (Å²) in [5.74, 6) is 0.781. The number of nitrogens with one attached hydrogen (secondary N) is 1. The van der Waals surface area contributed by atoms with Gasteiger partial charge >= 0.3 is 0 Å². The molecule has 0 aromatic carbocycles. The molecule has 1 heterocycles. The number of hydrogen-bond acceptors (Lipinski definition) is 4. The summed E-state index contributed by atoms with van der Waals surface area (Å²) < 4.78 is 10.4. The Morgan fingerprint density at radius 3 is 3.13 bits per heavy atom. The smallest absolute Gasteiger partial charge is 0.129 e. The van der Waals surface area contributed by atoms with Gasteiger partial charge in [-0.1, -0.05) is 6.92 Å². The van der Waals surface area contributed by atoms with Crippen molar-refractivity contribution in [3.63, 3.8) is 0 Å². The van der Waals surface area contributed by atoms with E-state index in [-0.39, 0.29) is 0 Å². The highest BCUT2D eigenvalue weighted by Gasteiger charge is 2.03. The quantitative estimate of drug-likeness (QED) is 0.636. The van der Waals surface area contributed by atoms with Crippen LogP contribution in [0, 0.1) is 0 Å². The lowest BCUT2D eigenvalue weighted by molar-refractivity contribution is 0.0228. The summed E-state index contributed by atoms with van der Waals surface area (Å²) in [7, 11) is 0. The molecule has 0 saturated heterocycles. The Balaban J connectivity index is 1.99. The van der Waals surface area contributed by atoms with E-state index < -0.39 is 6.10 Å². The van der Waals surface area contributed by atoms with Crippen molar-refractivity contribution < 1.29 is 14.3 Å². The van der Waals surface area contributed by atoms with Gasteiger partial charge in [-0.2, -0.15) is 0 Å². The maximum atomic E-state index is 9.49. The molecule has 0 saturated carbocycles. The third-order valence-electron chi connectivity index (χ3n) is 1.94. The van der Waals surface area contributed by atoms with Crippen molar-refractivity contribution in [2.45, 2.75) is 26.1 Å². The summed E-state index contributed by atoms with van der Waals surface area (Å²) >= 11 is 0. The van der Waals surface area contributed by atoms with Crippen LogP contribution in [0.15, 0.2) is 22.8 Å². The molecule has 0 aliphatic rings. The lowest BCUT2D eigenvalue weighted by Crippen LogP contribution is -2.30. The predicted octanol–water partition coefficient (Wildman–Crippen LogP) is 1.16. The zero-order valence-corrected chi connectivity index (χ0v) is 9.11. The molecule has 0 unspecified atom stereocenters. The Morgan fingerprint density at radius 2 is 2.47 bits per heavy atom. The standard InChI is InChI=1S/C11H19NO3/c1-2-5-12-7-10(13)8-14-9-11-4-3-6-15-11/h3-4,6,10,12-13H,2,5,7-9H2,1H3/t10-/m0/s1. The molecule has 0 bridgehead atoms. The maximum Gasteiger partial charge on any atom is 0.129 e. The van der Waals surface area contributed by atoms with Crippen LogP contribution in [0.25, 0.3) is 0 Å². The van der Waals surface area contributed by atoms with E-state index in [4.69, 9.17) is 9.15 Å². The normalized spacial score (nSPS) is 12.9. The first-order chi connectivity index (χ1) is 7.33. The average Bonchev–Trinajstić information content (AvgIpc) is 2.71. The molecule has 0 amide bonds. The van der Waals surface area contributed by atoms with Gasteiger partial charge in [0, 0.05) is 6.54 Å². The number of rotatable bonds is 8. The van der Waals surface area contributed by atoms with E-state index in [2.05, 4.69) is 12.2 Å². The first-order valence-corrected chi connectivity index (χ1v) is 5.31. The molecule has 0 spiro atoms. The van der Waals surface area contributed by atoms with E-state index in [0.717, 1.165) is 18.7 Å². The van der Waals surface area contributed by atoms with Crippen LogP contribution >= 0.6 is 0 Å². The van der Waals surface area contributed by atoms with Gasteiger partial charge in [-0.05, 0) is 25.1 Å². The minimum Gasteiger partial charge on any atom is -0.467 e. The molecular formula is C11H19NO3. The van der Waals surface area contributed by atoms with E-state index in [1.54, 1.807) is 6.26 Å². The minimum atomic E-state index is -0.452. The van der Waals surface area contributed by atoms with Crippen LogP contribution in [0.5, 0.6) is 0 Å². The summed E-state index contributed by atoms with van der Waals surface area (Å²) in [6.45, 7) is 4.34. The Kier molecular flexibility index (Phi) is 6.08. The molecule has 0 radical (unpaired) electrons. The zero-order valence-electron chi connectivity index (χ0n) is 9.11. The molecular weight excluding hydrogens is 194 g/mol. The maximum absolute atomic E-state index is 9.49. The molecule has 15 heavy (non-hydrogen) atoms. The molecule has 1 aromatic rings. The first-order valence-electron chi connectivity index (χ1n) is 5.31. The lowest BCUT2D eigenvalue weighted by atomic mass is 10.3. The fraction of sp³-hybridized carbons (Fsp3) is 0.636. The lowest BCUT2D eigenvalue weighted by Gasteiger charge is -2.11. The largest absolute Gasteiger partial charge is 0.467 e. The second kappa shape index (κ2) is 7.45. The molecule has 4 nitrogen and oxygen atoms in total. The monoisotopic (exact) mass is 213 g/mol. The van der Waals surface area contributed by atoms with Crippen molar-refractivity contribution in [3.05, 3.63) is 24.2 Å². The summed E-state index contributed by atoms with van der Waals surface area (Å²) in [4.78, 5) is 0. The Bertz CT molecular complexity index is 236. The van der Waals surface area contributed by atoms with Crippen molar-refractivity contribution in [2.75, 3.05) is 19.7 Å². The molecule has 1 atom stereocenters. The number of furan rings is 1. The van der Waals surface area contributed by atoms with E-state index in [1.807, 2.05) is 12.1 Å². The van der Waals surface area contributed by atoms with Gasteiger partial charge in [-0.3, -0.25) is 0 Å². The van der Waals surface area contributed by atoms with Crippen LogP contribution in [0.4, 0.5) is 0 Å². The van der Waals surface area contributed by atoms with Gasteiger partial charge in [0.1, 0.15) is 12.4 Å². The fourth-order valence-corrected chi connectivity index (χ4v) is 1.19. The highest BCUT2D eigenvalue weighted by Crippen LogP contribution is 2.01. The highest BCUT2D eigenvalue weighted by atomic mass is 16.5. The number of aliphatic hydroxyl groups excluding tert-OH is 1. The van der Waals surface area contributed by atoms with Gasteiger partial charge in [0.2, 0.25) is 0 Å². The van der Waals surface area contributed by atoms with Gasteiger partial charge < -0.3 is 19.6 Å².